The molecule has 1 unspecified atom stereocenters. The van der Waals surface area contributed by atoms with Crippen molar-refractivity contribution in [2.45, 2.75) is 20.0 Å². The lowest BCUT2D eigenvalue weighted by Crippen LogP contribution is -2.26. The number of esters is 1. The van der Waals surface area contributed by atoms with Crippen LogP contribution in [0, 0.1) is 12.8 Å². The van der Waals surface area contributed by atoms with Gasteiger partial charge in [0.05, 0.1) is 5.92 Å². The summed E-state index contributed by atoms with van der Waals surface area (Å²) in [5.74, 6) is -0.324. The van der Waals surface area contributed by atoms with Crippen LogP contribution in [0.5, 0.6) is 0 Å². The van der Waals surface area contributed by atoms with Gasteiger partial charge in [0.15, 0.2) is 5.76 Å². The lowest BCUT2D eigenvalue weighted by molar-refractivity contribution is -0.149. The summed E-state index contributed by atoms with van der Waals surface area (Å²) in [6, 6.07) is 19.0. The van der Waals surface area contributed by atoms with Gasteiger partial charge in [-0.05, 0) is 24.6 Å². The van der Waals surface area contributed by atoms with Crippen molar-refractivity contribution >= 4 is 17.6 Å². The fourth-order valence-electron chi connectivity index (χ4n) is 3.29. The minimum absolute atomic E-state index is 0.0182. The highest BCUT2D eigenvalue weighted by Gasteiger charge is 2.36. The average molecular weight is 376 g/mol. The molecule has 4 rings (SSSR count). The summed E-state index contributed by atoms with van der Waals surface area (Å²) in [5, 5.41) is 3.95. The normalized spacial score (nSPS) is 16.4. The van der Waals surface area contributed by atoms with E-state index < -0.39 is 11.9 Å². The first-order chi connectivity index (χ1) is 13.6. The molecule has 0 N–H and O–H groups in total. The van der Waals surface area contributed by atoms with Gasteiger partial charge in [-0.3, -0.25) is 9.59 Å². The number of hydrogen-bond donors (Lipinski definition) is 0. The summed E-state index contributed by atoms with van der Waals surface area (Å²) in [4.78, 5) is 26.4. The summed E-state index contributed by atoms with van der Waals surface area (Å²) in [5.41, 5.74) is 3.32. The highest BCUT2D eigenvalue weighted by molar-refractivity contribution is 5.99. The third kappa shape index (κ3) is 3.81. The van der Waals surface area contributed by atoms with Gasteiger partial charge < -0.3 is 14.2 Å². The van der Waals surface area contributed by atoms with Gasteiger partial charge in [-0.1, -0.05) is 47.6 Å². The smallest absolute Gasteiger partial charge is 0.311 e. The maximum Gasteiger partial charge on any atom is 0.311 e. The van der Waals surface area contributed by atoms with Gasteiger partial charge in [0.25, 0.3) is 0 Å². The molecule has 6 heteroatoms. The van der Waals surface area contributed by atoms with Gasteiger partial charge in [0.2, 0.25) is 5.91 Å². The van der Waals surface area contributed by atoms with E-state index in [-0.39, 0.29) is 18.9 Å². The van der Waals surface area contributed by atoms with E-state index in [9.17, 15) is 9.59 Å². The number of aryl methyl sites for hydroxylation is 1. The van der Waals surface area contributed by atoms with E-state index in [0.717, 1.165) is 16.8 Å². The van der Waals surface area contributed by atoms with Gasteiger partial charge >= 0.3 is 5.97 Å². The average Bonchev–Trinajstić information content (AvgIpc) is 3.34. The van der Waals surface area contributed by atoms with E-state index in [1.807, 2.05) is 61.5 Å². The molecule has 6 nitrogen and oxygen atoms in total. The number of amides is 1. The van der Waals surface area contributed by atoms with Crippen LogP contribution in [-0.4, -0.2) is 23.6 Å². The summed E-state index contributed by atoms with van der Waals surface area (Å²) in [6.07, 6.45) is 0.154. The Kier molecular flexibility index (Phi) is 4.93. The summed E-state index contributed by atoms with van der Waals surface area (Å²) < 4.78 is 10.7. The topological polar surface area (TPSA) is 72.6 Å². The van der Waals surface area contributed by atoms with Crippen molar-refractivity contribution in [3.63, 3.8) is 0 Å². The summed E-state index contributed by atoms with van der Waals surface area (Å²) >= 11 is 0. The highest BCUT2D eigenvalue weighted by atomic mass is 16.5. The fraction of sp³-hybridized carbons (Fsp3) is 0.227. The van der Waals surface area contributed by atoms with Crippen LogP contribution in [0.25, 0.3) is 11.3 Å². The molecule has 3 aromatic rings. The Balaban J connectivity index is 1.36. The van der Waals surface area contributed by atoms with Crippen LogP contribution < -0.4 is 4.90 Å². The number of carbonyl (C=O) groups is 2. The monoisotopic (exact) mass is 376 g/mol. The Hall–Kier alpha value is -3.41. The van der Waals surface area contributed by atoms with E-state index in [1.54, 1.807) is 11.0 Å². The van der Waals surface area contributed by atoms with Gasteiger partial charge in [-0.15, -0.1) is 0 Å². The molecule has 0 bridgehead atoms. The van der Waals surface area contributed by atoms with Crippen molar-refractivity contribution in [2.24, 2.45) is 5.92 Å². The molecule has 0 radical (unpaired) electrons. The first-order valence-corrected chi connectivity index (χ1v) is 9.15. The molecular formula is C22H20N2O4. The number of benzene rings is 2. The number of rotatable bonds is 5. The molecular weight excluding hydrogens is 356 g/mol. The first-order valence-electron chi connectivity index (χ1n) is 9.15. The van der Waals surface area contributed by atoms with Crippen LogP contribution in [0.4, 0.5) is 5.69 Å². The third-order valence-electron chi connectivity index (χ3n) is 4.75. The zero-order chi connectivity index (χ0) is 19.5. The molecule has 0 saturated carbocycles. The van der Waals surface area contributed by atoms with Gasteiger partial charge in [-0.25, -0.2) is 0 Å². The zero-order valence-electron chi connectivity index (χ0n) is 15.5. The molecule has 1 fully saturated rings. The van der Waals surface area contributed by atoms with Crippen LogP contribution >= 0.6 is 0 Å². The molecule has 1 aromatic heterocycles. The fourth-order valence-corrected chi connectivity index (χ4v) is 3.29. The lowest BCUT2D eigenvalue weighted by atomic mass is 10.1. The van der Waals surface area contributed by atoms with Crippen molar-refractivity contribution in [1.82, 2.24) is 5.16 Å². The van der Waals surface area contributed by atoms with E-state index >= 15 is 0 Å². The largest absolute Gasteiger partial charge is 0.459 e. The van der Waals surface area contributed by atoms with Crippen molar-refractivity contribution in [3.05, 3.63) is 71.9 Å². The lowest BCUT2D eigenvalue weighted by Gasteiger charge is -2.17. The number of carbonyl (C=O) groups excluding carboxylic acids is 2. The van der Waals surface area contributed by atoms with Gasteiger partial charge in [0.1, 0.15) is 12.3 Å². The summed E-state index contributed by atoms with van der Waals surface area (Å²) in [6.45, 7) is 2.32. The Labute approximate surface area is 162 Å². The summed E-state index contributed by atoms with van der Waals surface area (Å²) in [7, 11) is 0. The SMILES string of the molecule is Cc1cccc(N2CC(C(=O)OCc3cc(-c4ccccc4)on3)CC2=O)c1. The Morgan fingerprint density at radius 3 is 2.79 bits per heavy atom. The molecule has 1 amide bonds. The van der Waals surface area contributed by atoms with E-state index in [4.69, 9.17) is 9.26 Å². The molecule has 1 atom stereocenters. The van der Waals surface area contributed by atoms with Crippen molar-refractivity contribution in [3.8, 4) is 11.3 Å². The molecule has 28 heavy (non-hydrogen) atoms. The minimum Gasteiger partial charge on any atom is -0.459 e. The molecule has 0 aliphatic carbocycles. The number of ether oxygens (including phenoxy) is 1. The van der Waals surface area contributed by atoms with E-state index in [1.165, 1.54) is 0 Å². The minimum atomic E-state index is -0.478. The molecule has 142 valence electrons. The number of hydrogen-bond acceptors (Lipinski definition) is 5. The standard InChI is InChI=1S/C22H20N2O4/c1-15-6-5-9-19(10-15)24-13-17(11-21(24)25)22(26)27-14-18-12-20(28-23-18)16-7-3-2-4-8-16/h2-10,12,17H,11,13-14H2,1H3. The predicted octanol–water partition coefficient (Wildman–Crippen LogP) is 3.75. The van der Waals surface area contributed by atoms with Crippen LogP contribution in [0.15, 0.2) is 65.2 Å². The molecule has 1 aliphatic rings. The molecule has 2 aromatic carbocycles. The van der Waals surface area contributed by atoms with E-state index in [0.29, 0.717) is 18.0 Å². The number of nitrogens with zero attached hydrogens (tertiary/aromatic N) is 2. The maximum atomic E-state index is 12.4. The molecule has 2 heterocycles. The van der Waals surface area contributed by atoms with Crippen molar-refractivity contribution < 1.29 is 18.8 Å². The van der Waals surface area contributed by atoms with Crippen LogP contribution in [0.2, 0.25) is 0 Å². The van der Waals surface area contributed by atoms with Crippen LogP contribution in [0.1, 0.15) is 17.7 Å². The van der Waals surface area contributed by atoms with Crippen LogP contribution in [0.3, 0.4) is 0 Å². The van der Waals surface area contributed by atoms with E-state index in [2.05, 4.69) is 5.16 Å². The Morgan fingerprint density at radius 1 is 1.18 bits per heavy atom. The zero-order valence-corrected chi connectivity index (χ0v) is 15.5. The molecule has 1 aliphatic heterocycles. The quantitative estimate of drug-likeness (QED) is 0.634. The molecule has 0 spiro atoms. The molecule has 1 saturated heterocycles. The van der Waals surface area contributed by atoms with Crippen LogP contribution in [-0.2, 0) is 20.9 Å². The number of anilines is 1. The Morgan fingerprint density at radius 2 is 2.00 bits per heavy atom. The second kappa shape index (κ2) is 7.68. The van der Waals surface area contributed by atoms with Crippen molar-refractivity contribution in [2.75, 3.05) is 11.4 Å². The second-order valence-electron chi connectivity index (χ2n) is 6.90. The Bertz CT molecular complexity index is 997. The third-order valence-corrected chi connectivity index (χ3v) is 4.75. The predicted molar refractivity (Wildman–Crippen MR) is 103 cm³/mol. The number of aromatic nitrogens is 1. The highest BCUT2D eigenvalue weighted by Crippen LogP contribution is 2.27. The van der Waals surface area contributed by atoms with Gasteiger partial charge in [0, 0.05) is 30.3 Å². The van der Waals surface area contributed by atoms with Crippen molar-refractivity contribution in [1.29, 1.82) is 0 Å². The second-order valence-corrected chi connectivity index (χ2v) is 6.90. The first kappa shape index (κ1) is 18.0. The maximum absolute atomic E-state index is 12.4. The van der Waals surface area contributed by atoms with Gasteiger partial charge in [-0.2, -0.15) is 0 Å².